The van der Waals surface area contributed by atoms with E-state index >= 15 is 0 Å². The van der Waals surface area contributed by atoms with Crippen LogP contribution in [0.4, 0.5) is 5.82 Å². The molecule has 0 saturated carbocycles. The predicted molar refractivity (Wildman–Crippen MR) is 87.8 cm³/mol. The normalized spacial score (nSPS) is 11.8. The van der Waals surface area contributed by atoms with Crippen LogP contribution in [0.25, 0.3) is 0 Å². The van der Waals surface area contributed by atoms with Crippen molar-refractivity contribution in [3.63, 3.8) is 0 Å². The molecule has 0 aliphatic rings. The maximum atomic E-state index is 12.1. The summed E-state index contributed by atoms with van der Waals surface area (Å²) in [5.74, 6) is 0.154. The molecule has 1 heterocycles. The summed E-state index contributed by atoms with van der Waals surface area (Å²) in [6, 6.07) is 1.54. The molecule has 0 spiro atoms. The summed E-state index contributed by atoms with van der Waals surface area (Å²) in [4.78, 5) is 18.1. The second-order valence-electron chi connectivity index (χ2n) is 5.70. The smallest absolute Gasteiger partial charge is 0.239 e. The van der Waals surface area contributed by atoms with E-state index in [1.165, 1.54) is 6.20 Å². The minimum atomic E-state index is -0.165. The van der Waals surface area contributed by atoms with Gasteiger partial charge in [0, 0.05) is 12.7 Å². The van der Waals surface area contributed by atoms with Crippen molar-refractivity contribution in [2.24, 2.45) is 11.1 Å². The van der Waals surface area contributed by atoms with Crippen molar-refractivity contribution in [3.05, 3.63) is 22.3 Å². The zero-order valence-corrected chi connectivity index (χ0v) is 14.1. The molecule has 7 heteroatoms. The van der Waals surface area contributed by atoms with Gasteiger partial charge in [0.05, 0.1) is 16.6 Å². The van der Waals surface area contributed by atoms with E-state index in [4.69, 9.17) is 28.9 Å². The number of rotatable bonds is 7. The van der Waals surface area contributed by atoms with Crippen LogP contribution in [-0.4, -0.2) is 42.0 Å². The van der Waals surface area contributed by atoms with Gasteiger partial charge >= 0.3 is 0 Å². The van der Waals surface area contributed by atoms with Crippen molar-refractivity contribution in [3.8, 4) is 0 Å². The number of hydrogen-bond acceptors (Lipinski definition) is 4. The third-order valence-corrected chi connectivity index (χ3v) is 3.58. The average Bonchev–Trinajstić information content (AvgIpc) is 2.41. The number of anilines is 1. The molecule has 0 atom stereocenters. The highest BCUT2D eigenvalue weighted by Gasteiger charge is 2.21. The predicted octanol–water partition coefficient (Wildman–Crippen LogP) is 2.63. The second kappa shape index (κ2) is 7.94. The number of likely N-dealkylation sites (N-methyl/N-ethyl adjacent to an activating group) is 1. The molecule has 1 rings (SSSR count). The highest BCUT2D eigenvalue weighted by Crippen LogP contribution is 2.22. The number of nitrogens with zero attached hydrogens (tertiary/aromatic N) is 2. The molecule has 118 valence electrons. The Balaban J connectivity index is 2.63. The maximum absolute atomic E-state index is 12.1. The molecule has 1 aromatic heterocycles. The van der Waals surface area contributed by atoms with Gasteiger partial charge in [0.25, 0.3) is 0 Å². The monoisotopic (exact) mass is 332 g/mol. The molecule has 0 bridgehead atoms. The Labute approximate surface area is 135 Å². The molecule has 0 unspecified atom stereocenters. The molecule has 1 aromatic rings. The summed E-state index contributed by atoms with van der Waals surface area (Å²) in [6.07, 6.45) is 1.44. The number of carbonyl (C=O) groups is 1. The summed E-state index contributed by atoms with van der Waals surface area (Å²) in [5, 5.41) is 3.44. The Morgan fingerprint density at radius 2 is 2.14 bits per heavy atom. The topological polar surface area (TPSA) is 71.2 Å². The number of amides is 1. The number of carbonyl (C=O) groups excluding carboxylic acids is 1. The number of aromatic nitrogens is 1. The van der Waals surface area contributed by atoms with Crippen molar-refractivity contribution in [1.82, 2.24) is 9.88 Å². The first-order valence-electron chi connectivity index (χ1n) is 6.80. The van der Waals surface area contributed by atoms with Crippen molar-refractivity contribution < 1.29 is 4.79 Å². The average molecular weight is 333 g/mol. The zero-order chi connectivity index (χ0) is 16.0. The summed E-state index contributed by atoms with van der Waals surface area (Å²) in [7, 11) is 0. The third kappa shape index (κ3) is 6.18. The summed E-state index contributed by atoms with van der Waals surface area (Å²) in [5.41, 5.74) is 5.70. The molecule has 0 aromatic carbocycles. The van der Waals surface area contributed by atoms with Gasteiger partial charge in [-0.15, -0.1) is 0 Å². The molecule has 3 N–H and O–H groups in total. The lowest BCUT2D eigenvalue weighted by molar-refractivity contribution is -0.117. The van der Waals surface area contributed by atoms with E-state index < -0.39 is 0 Å². The van der Waals surface area contributed by atoms with Crippen molar-refractivity contribution in [2.45, 2.75) is 20.8 Å². The van der Waals surface area contributed by atoms with Gasteiger partial charge in [-0.1, -0.05) is 44.0 Å². The van der Waals surface area contributed by atoms with Gasteiger partial charge in [-0.2, -0.15) is 0 Å². The van der Waals surface area contributed by atoms with Crippen molar-refractivity contribution in [2.75, 3.05) is 31.5 Å². The van der Waals surface area contributed by atoms with Crippen molar-refractivity contribution >= 4 is 34.9 Å². The fourth-order valence-corrected chi connectivity index (χ4v) is 2.26. The maximum Gasteiger partial charge on any atom is 0.239 e. The molecular weight excluding hydrogens is 311 g/mol. The van der Waals surface area contributed by atoms with Crippen LogP contribution in [0.2, 0.25) is 10.0 Å². The molecule has 0 fully saturated rings. The first kappa shape index (κ1) is 18.2. The van der Waals surface area contributed by atoms with Gasteiger partial charge < -0.3 is 11.1 Å². The van der Waals surface area contributed by atoms with Gasteiger partial charge in [0.1, 0.15) is 0 Å². The molecule has 0 aliphatic heterocycles. The van der Waals surface area contributed by atoms with E-state index in [9.17, 15) is 4.79 Å². The highest BCUT2D eigenvalue weighted by molar-refractivity contribution is 6.36. The van der Waals surface area contributed by atoms with Gasteiger partial charge in [-0.25, -0.2) is 4.98 Å². The van der Waals surface area contributed by atoms with Gasteiger partial charge in [-0.05, 0) is 24.6 Å². The summed E-state index contributed by atoms with van der Waals surface area (Å²) < 4.78 is 0. The zero-order valence-electron chi connectivity index (χ0n) is 12.6. The Morgan fingerprint density at radius 3 is 2.67 bits per heavy atom. The molecule has 0 saturated heterocycles. The lowest BCUT2D eigenvalue weighted by Crippen LogP contribution is -2.42. The molecule has 21 heavy (non-hydrogen) atoms. The number of pyridine rings is 1. The van der Waals surface area contributed by atoms with E-state index in [0.29, 0.717) is 22.4 Å². The van der Waals surface area contributed by atoms with Crippen LogP contribution in [0, 0.1) is 5.41 Å². The minimum absolute atomic E-state index is 0.0353. The Kier molecular flexibility index (Phi) is 6.87. The Morgan fingerprint density at radius 1 is 1.48 bits per heavy atom. The second-order valence-corrected chi connectivity index (χ2v) is 6.55. The Bertz CT molecular complexity index is 494. The van der Waals surface area contributed by atoms with E-state index in [-0.39, 0.29) is 17.9 Å². The molecule has 5 nitrogen and oxygen atoms in total. The molecule has 1 amide bonds. The molecule has 0 aliphatic carbocycles. The minimum Gasteiger partial charge on any atom is -0.330 e. The number of nitrogens with one attached hydrogen (secondary N) is 1. The van der Waals surface area contributed by atoms with Gasteiger partial charge in [0.15, 0.2) is 5.82 Å². The van der Waals surface area contributed by atoms with Gasteiger partial charge in [0.2, 0.25) is 5.91 Å². The number of halogens is 2. The van der Waals surface area contributed by atoms with E-state index in [2.05, 4.69) is 24.1 Å². The number of hydrogen-bond donors (Lipinski definition) is 2. The van der Waals surface area contributed by atoms with Crippen LogP contribution >= 0.6 is 23.2 Å². The van der Waals surface area contributed by atoms with Crippen LogP contribution in [0.1, 0.15) is 20.8 Å². The summed E-state index contributed by atoms with van der Waals surface area (Å²) in [6.45, 7) is 8.49. The standard InChI is InChI=1S/C14H22Cl2N4O/c1-4-20(9-14(2,3)8-17)7-12(21)19-13-11(16)5-10(15)6-18-13/h5-6H,4,7-9,17H2,1-3H3,(H,18,19,21). The van der Waals surface area contributed by atoms with Crippen LogP contribution in [0.15, 0.2) is 12.3 Å². The first-order valence-corrected chi connectivity index (χ1v) is 7.56. The molecular formula is C14H22Cl2N4O. The van der Waals surface area contributed by atoms with Crippen LogP contribution in [0.3, 0.4) is 0 Å². The van der Waals surface area contributed by atoms with Gasteiger partial charge in [-0.3, -0.25) is 9.69 Å². The molecule has 0 radical (unpaired) electrons. The van der Waals surface area contributed by atoms with Crippen LogP contribution < -0.4 is 11.1 Å². The first-order chi connectivity index (χ1) is 9.77. The van der Waals surface area contributed by atoms with Crippen LogP contribution in [0.5, 0.6) is 0 Å². The third-order valence-electron chi connectivity index (χ3n) is 3.08. The van der Waals surface area contributed by atoms with E-state index in [0.717, 1.165) is 13.1 Å². The lowest BCUT2D eigenvalue weighted by atomic mass is 9.93. The fourth-order valence-electron chi connectivity index (χ4n) is 1.83. The fraction of sp³-hybridized carbons (Fsp3) is 0.571. The lowest BCUT2D eigenvalue weighted by Gasteiger charge is -2.30. The largest absolute Gasteiger partial charge is 0.330 e. The SMILES string of the molecule is CCN(CC(=O)Nc1ncc(Cl)cc1Cl)CC(C)(C)CN. The summed E-state index contributed by atoms with van der Waals surface area (Å²) >= 11 is 11.8. The van der Waals surface area contributed by atoms with E-state index in [1.54, 1.807) is 6.07 Å². The van der Waals surface area contributed by atoms with E-state index in [1.807, 2.05) is 11.8 Å². The highest BCUT2D eigenvalue weighted by atomic mass is 35.5. The quantitative estimate of drug-likeness (QED) is 0.805. The number of nitrogens with two attached hydrogens (primary N) is 1. The van der Waals surface area contributed by atoms with Crippen LogP contribution in [-0.2, 0) is 4.79 Å². The Hall–Kier alpha value is -0.880. The van der Waals surface area contributed by atoms with Crippen molar-refractivity contribution in [1.29, 1.82) is 0 Å².